The van der Waals surface area contributed by atoms with Crippen LogP contribution in [0.2, 0.25) is 0 Å². The third kappa shape index (κ3) is 15.5. The SMILES string of the molecule is NCCNC(=O)O[C@@H]1C[C@H]2C(=O)N[C@@H](CCc3ccccc3)C(=O)N[C@H](Cc3c[nH]c4ccccc34)C(=O)N[C@@H](CC3CCNCC3)C(=O)N[C@@H](Cc3ccc(OCC4CCCC4)cc3)C(=O)N[C@@H](Cc3cccnc3)C(=O)N2C1. The molecule has 7 atom stereocenters. The molecule has 3 aliphatic heterocycles. The van der Waals surface area contributed by atoms with E-state index < -0.39 is 83.9 Å². The van der Waals surface area contributed by atoms with Crippen molar-refractivity contribution in [3.05, 3.63) is 132 Å². The molecule has 4 aliphatic rings. The van der Waals surface area contributed by atoms with Crippen molar-refractivity contribution in [2.75, 3.05) is 39.3 Å². The van der Waals surface area contributed by atoms with E-state index in [9.17, 15) is 4.79 Å². The Bertz CT molecular complexity index is 2890. The molecule has 7 amide bonds. The van der Waals surface area contributed by atoms with E-state index in [2.05, 4.69) is 47.2 Å². The van der Waals surface area contributed by atoms with Gasteiger partial charge in [-0.1, -0.05) is 79.6 Å². The summed E-state index contributed by atoms with van der Waals surface area (Å²) in [6.07, 6.45) is 9.64. The Kier molecular flexibility index (Phi) is 19.8. The minimum Gasteiger partial charge on any atom is -0.493 e. The number of aryl methyl sites for hydroxylation is 1. The van der Waals surface area contributed by atoms with Crippen LogP contribution < -0.4 is 47.7 Å². The highest BCUT2D eigenvalue weighted by Crippen LogP contribution is 2.28. The van der Waals surface area contributed by atoms with E-state index in [1.807, 2.05) is 78.9 Å². The fourth-order valence-corrected chi connectivity index (χ4v) is 11.4. The number of hydrogen-bond donors (Lipinski definition) is 9. The third-order valence-electron chi connectivity index (χ3n) is 15.9. The van der Waals surface area contributed by atoms with E-state index in [1.54, 1.807) is 30.7 Å². The Morgan fingerprint density at radius 1 is 0.662 bits per heavy atom. The molecule has 5 aromatic rings. The Morgan fingerprint density at radius 2 is 1.31 bits per heavy atom. The lowest BCUT2D eigenvalue weighted by Crippen LogP contribution is -2.62. The minimum atomic E-state index is -1.34. The number of rotatable bonds is 17. The molecule has 5 heterocycles. The smallest absolute Gasteiger partial charge is 0.407 e. The average molecular weight is 1090 g/mol. The first-order valence-electron chi connectivity index (χ1n) is 28.3. The summed E-state index contributed by atoms with van der Waals surface area (Å²) in [4.78, 5) is 113. The van der Waals surface area contributed by atoms with Crippen molar-refractivity contribution in [3.63, 3.8) is 0 Å². The summed E-state index contributed by atoms with van der Waals surface area (Å²) in [6, 6.07) is 20.2. The van der Waals surface area contributed by atoms with Gasteiger partial charge in [-0.15, -0.1) is 0 Å². The monoisotopic (exact) mass is 1090 g/mol. The van der Waals surface area contributed by atoms with Gasteiger partial charge in [0.15, 0.2) is 0 Å². The highest BCUT2D eigenvalue weighted by molar-refractivity contribution is 5.99. The van der Waals surface area contributed by atoms with Gasteiger partial charge in [0.1, 0.15) is 48.1 Å². The van der Waals surface area contributed by atoms with Gasteiger partial charge in [-0.05, 0) is 116 Å². The Hall–Kier alpha value is -7.84. The fourth-order valence-electron chi connectivity index (χ4n) is 11.4. The molecule has 1 saturated carbocycles. The summed E-state index contributed by atoms with van der Waals surface area (Å²) in [5.74, 6) is -2.84. The van der Waals surface area contributed by atoms with Crippen molar-refractivity contribution in [2.45, 2.75) is 126 Å². The topological polar surface area (TPSA) is 280 Å². The number of pyridine rings is 1. The van der Waals surface area contributed by atoms with Crippen molar-refractivity contribution in [3.8, 4) is 5.75 Å². The third-order valence-corrected chi connectivity index (χ3v) is 15.9. The molecular formula is C60H75N11O9. The molecule has 80 heavy (non-hydrogen) atoms. The summed E-state index contributed by atoms with van der Waals surface area (Å²) in [7, 11) is 0. The second-order valence-corrected chi connectivity index (χ2v) is 21.7. The Morgan fingerprint density at radius 3 is 2.05 bits per heavy atom. The summed E-state index contributed by atoms with van der Waals surface area (Å²) in [5.41, 5.74) is 9.35. The first-order chi connectivity index (χ1) is 39.0. The summed E-state index contributed by atoms with van der Waals surface area (Å²) in [6.45, 7) is 2.05. The first-order valence-corrected chi connectivity index (χ1v) is 28.3. The number of nitrogens with zero attached hydrogens (tertiary/aromatic N) is 2. The number of H-pyrrole nitrogens is 1. The lowest BCUT2D eigenvalue weighted by Gasteiger charge is -2.32. The van der Waals surface area contributed by atoms with Crippen LogP contribution in [0, 0.1) is 11.8 Å². The standard InChI is InChI=1S/C60H75N11O9/c61-24-28-64-60(78)80-45-33-53-58(76)66-48(21-18-38-9-2-1-3-10-38)54(72)69-51(32-43-35-65-47-15-7-6-14-46(43)47)57(75)68-50(30-40-22-26-62-27-23-40)55(73)67-49(29-39-16-19-44(20-17-39)79-37-41-11-4-5-12-41)56(74)70-52(59(77)71(53)36-45)31-42-13-8-25-63-34-42/h1-3,6-10,13-17,19-20,25,34-35,40-41,45,48-53,62,65H,4-5,11-12,18,21-24,26-33,36-37,61H2,(H,64,78)(H,66,76)(H,67,73)(H,68,75)(H,69,72)(H,70,74)/t45-,48+,49+,50+,51-,52+,53+/m1/s1. The van der Waals surface area contributed by atoms with Gasteiger partial charge in [0.2, 0.25) is 35.4 Å². The van der Waals surface area contributed by atoms with Crippen LogP contribution in [0.15, 0.2) is 110 Å². The zero-order valence-corrected chi connectivity index (χ0v) is 45.2. The number of fused-ring (bicyclic) bond motifs is 2. The van der Waals surface area contributed by atoms with Crippen molar-refractivity contribution >= 4 is 52.4 Å². The molecule has 10 N–H and O–H groups in total. The zero-order valence-electron chi connectivity index (χ0n) is 45.2. The number of aromatic nitrogens is 2. The summed E-state index contributed by atoms with van der Waals surface area (Å²) in [5, 5.41) is 21.7. The number of ether oxygens (including phenoxy) is 2. The number of alkyl carbamates (subject to hydrolysis) is 1. The van der Waals surface area contributed by atoms with Crippen LogP contribution in [0.4, 0.5) is 4.79 Å². The van der Waals surface area contributed by atoms with Gasteiger partial charge < -0.3 is 62.3 Å². The molecule has 20 heteroatoms. The maximum Gasteiger partial charge on any atom is 0.407 e. The molecule has 1 aliphatic carbocycles. The van der Waals surface area contributed by atoms with Gasteiger partial charge in [0.05, 0.1) is 13.2 Å². The molecule has 2 aromatic heterocycles. The first kappa shape index (κ1) is 56.9. The highest BCUT2D eigenvalue weighted by Gasteiger charge is 2.45. The van der Waals surface area contributed by atoms with Crippen LogP contribution in [0.1, 0.15) is 80.0 Å². The van der Waals surface area contributed by atoms with Gasteiger partial charge in [0.25, 0.3) is 0 Å². The van der Waals surface area contributed by atoms with Crippen LogP contribution in [0.5, 0.6) is 5.75 Å². The van der Waals surface area contributed by atoms with Gasteiger partial charge in [0, 0.05) is 68.3 Å². The van der Waals surface area contributed by atoms with Crippen molar-refractivity contribution in [1.82, 2.24) is 52.1 Å². The number of nitrogens with one attached hydrogen (secondary N) is 8. The number of para-hydroxylation sites is 1. The summed E-state index contributed by atoms with van der Waals surface area (Å²) >= 11 is 0. The molecule has 20 nitrogen and oxygen atoms in total. The molecular weight excluding hydrogens is 1020 g/mol. The van der Waals surface area contributed by atoms with Crippen LogP contribution in [0.3, 0.4) is 0 Å². The molecule has 4 fully saturated rings. The van der Waals surface area contributed by atoms with E-state index in [0.717, 1.165) is 47.7 Å². The number of hydrogen-bond acceptors (Lipinski definition) is 12. The van der Waals surface area contributed by atoms with E-state index in [-0.39, 0.29) is 64.1 Å². The molecule has 9 rings (SSSR count). The second kappa shape index (κ2) is 27.8. The number of nitrogens with two attached hydrogens (primary N) is 1. The van der Waals surface area contributed by atoms with E-state index in [4.69, 9.17) is 15.2 Å². The second-order valence-electron chi connectivity index (χ2n) is 21.7. The van der Waals surface area contributed by atoms with E-state index >= 15 is 28.8 Å². The number of amides is 7. The highest BCUT2D eigenvalue weighted by atomic mass is 16.6. The summed E-state index contributed by atoms with van der Waals surface area (Å²) < 4.78 is 11.9. The predicted molar refractivity (Wildman–Crippen MR) is 300 cm³/mol. The Labute approximate surface area is 466 Å². The van der Waals surface area contributed by atoms with Gasteiger partial charge in [-0.25, -0.2) is 4.79 Å². The molecule has 0 bridgehead atoms. The molecule has 0 unspecified atom stereocenters. The van der Waals surface area contributed by atoms with Gasteiger partial charge in [-0.2, -0.15) is 0 Å². The van der Waals surface area contributed by atoms with Crippen LogP contribution in [-0.4, -0.2) is 138 Å². The fraction of sp³-hybridized carbons (Fsp3) is 0.467. The van der Waals surface area contributed by atoms with Crippen LogP contribution >= 0.6 is 0 Å². The number of aromatic amines is 1. The van der Waals surface area contributed by atoms with Gasteiger partial charge >= 0.3 is 6.09 Å². The normalized spacial score (nSPS) is 23.9. The largest absolute Gasteiger partial charge is 0.493 e. The number of carbonyl (C=O) groups excluding carboxylic acids is 7. The minimum absolute atomic E-state index is 0.00247. The van der Waals surface area contributed by atoms with E-state index in [1.165, 1.54) is 17.7 Å². The maximum absolute atomic E-state index is 15.4. The van der Waals surface area contributed by atoms with Crippen molar-refractivity contribution in [2.24, 2.45) is 17.6 Å². The molecule has 0 spiro atoms. The predicted octanol–water partition coefficient (Wildman–Crippen LogP) is 3.27. The van der Waals surface area contributed by atoms with Crippen LogP contribution in [0.25, 0.3) is 10.9 Å². The average Bonchev–Trinajstić information content (AvgIpc) is 4.27. The number of benzene rings is 3. The molecule has 3 aromatic carbocycles. The zero-order chi connectivity index (χ0) is 55.8. The Balaban J connectivity index is 1.10. The van der Waals surface area contributed by atoms with Gasteiger partial charge in [-0.3, -0.25) is 33.8 Å². The van der Waals surface area contributed by atoms with Crippen LogP contribution in [-0.2, 0) is 59.2 Å². The maximum atomic E-state index is 15.4. The molecule has 3 saturated heterocycles. The lowest BCUT2D eigenvalue weighted by molar-refractivity contribution is -0.143. The van der Waals surface area contributed by atoms with Crippen molar-refractivity contribution < 1.29 is 43.0 Å². The number of carbonyl (C=O) groups is 7. The number of piperidine rings is 1. The molecule has 0 radical (unpaired) electrons. The molecule has 424 valence electrons. The quantitative estimate of drug-likeness (QED) is 0.0649. The lowest BCUT2D eigenvalue weighted by atomic mass is 9.90. The van der Waals surface area contributed by atoms with Crippen molar-refractivity contribution in [1.29, 1.82) is 0 Å². The van der Waals surface area contributed by atoms with E-state index in [0.29, 0.717) is 48.9 Å².